The van der Waals surface area contributed by atoms with Gasteiger partial charge in [0.15, 0.2) is 5.82 Å². The number of rotatable bonds is 4. The second kappa shape index (κ2) is 3.70. The maximum absolute atomic E-state index is 9.27. The van der Waals surface area contributed by atoms with Crippen LogP contribution in [0.4, 0.5) is 5.82 Å². The summed E-state index contributed by atoms with van der Waals surface area (Å²) < 4.78 is 1.82. The Labute approximate surface area is 99.5 Å². The van der Waals surface area contributed by atoms with Crippen molar-refractivity contribution in [1.82, 2.24) is 14.6 Å². The van der Waals surface area contributed by atoms with E-state index < -0.39 is 0 Å². The summed E-state index contributed by atoms with van der Waals surface area (Å²) >= 11 is 0. The van der Waals surface area contributed by atoms with Gasteiger partial charge in [-0.05, 0) is 25.8 Å². The minimum Gasteiger partial charge on any atom is -0.396 e. The normalized spacial score (nSPS) is 17.3. The number of aromatic nitrogens is 3. The molecule has 2 aromatic heterocycles. The second-order valence-electron chi connectivity index (χ2n) is 4.90. The lowest BCUT2D eigenvalue weighted by Gasteiger charge is -2.13. The van der Waals surface area contributed by atoms with Crippen LogP contribution >= 0.6 is 0 Å². The zero-order valence-corrected chi connectivity index (χ0v) is 9.85. The fourth-order valence-electron chi connectivity index (χ4n) is 2.02. The van der Waals surface area contributed by atoms with Crippen LogP contribution in [-0.2, 0) is 0 Å². The minimum absolute atomic E-state index is 0.0869. The number of aliphatic hydroxyl groups excluding tert-OH is 1. The lowest BCUT2D eigenvalue weighted by molar-refractivity contribution is 0.219. The van der Waals surface area contributed by atoms with Crippen molar-refractivity contribution in [1.29, 1.82) is 0 Å². The van der Waals surface area contributed by atoms with E-state index in [1.807, 2.05) is 23.7 Å². The number of anilines is 1. The zero-order valence-electron chi connectivity index (χ0n) is 9.85. The lowest BCUT2D eigenvalue weighted by Crippen LogP contribution is -2.19. The van der Waals surface area contributed by atoms with Crippen molar-refractivity contribution in [3.63, 3.8) is 0 Å². The van der Waals surface area contributed by atoms with Gasteiger partial charge in [-0.15, -0.1) is 0 Å². The Morgan fingerprint density at radius 2 is 2.35 bits per heavy atom. The van der Waals surface area contributed by atoms with E-state index in [0.717, 1.165) is 36.4 Å². The second-order valence-corrected chi connectivity index (χ2v) is 4.90. The first-order valence-electron chi connectivity index (χ1n) is 5.88. The smallest absolute Gasteiger partial charge is 0.152 e. The fourth-order valence-corrected chi connectivity index (χ4v) is 2.02. The van der Waals surface area contributed by atoms with E-state index in [1.54, 1.807) is 6.20 Å². The summed E-state index contributed by atoms with van der Waals surface area (Å²) in [7, 11) is 0. The van der Waals surface area contributed by atoms with Gasteiger partial charge in [-0.1, -0.05) is 0 Å². The van der Waals surface area contributed by atoms with Crippen LogP contribution in [0, 0.1) is 12.3 Å². The maximum Gasteiger partial charge on any atom is 0.152 e. The molecule has 1 saturated carbocycles. The van der Waals surface area contributed by atoms with Crippen LogP contribution in [0.3, 0.4) is 0 Å². The summed E-state index contributed by atoms with van der Waals surface area (Å²) in [6, 6.07) is 2.01. The van der Waals surface area contributed by atoms with E-state index in [2.05, 4.69) is 15.4 Å². The van der Waals surface area contributed by atoms with Gasteiger partial charge in [0.2, 0.25) is 0 Å². The van der Waals surface area contributed by atoms with Gasteiger partial charge in [-0.25, -0.2) is 9.50 Å². The molecule has 0 amide bonds. The molecule has 0 saturated heterocycles. The van der Waals surface area contributed by atoms with Crippen molar-refractivity contribution in [2.24, 2.45) is 5.41 Å². The van der Waals surface area contributed by atoms with Gasteiger partial charge in [-0.2, -0.15) is 5.10 Å². The van der Waals surface area contributed by atoms with Gasteiger partial charge >= 0.3 is 0 Å². The summed E-state index contributed by atoms with van der Waals surface area (Å²) in [5.74, 6) is 0.841. The third-order valence-corrected chi connectivity index (χ3v) is 3.44. The van der Waals surface area contributed by atoms with Crippen LogP contribution in [-0.4, -0.2) is 32.9 Å². The Bertz CT molecular complexity index is 544. The van der Waals surface area contributed by atoms with Gasteiger partial charge < -0.3 is 10.4 Å². The summed E-state index contributed by atoms with van der Waals surface area (Å²) in [6.45, 7) is 2.99. The molecule has 0 atom stereocenters. The molecule has 2 N–H and O–H groups in total. The number of nitrogens with one attached hydrogen (secondary N) is 1. The summed E-state index contributed by atoms with van der Waals surface area (Å²) in [4.78, 5) is 4.33. The molecule has 1 fully saturated rings. The van der Waals surface area contributed by atoms with Gasteiger partial charge in [0.1, 0.15) is 5.52 Å². The van der Waals surface area contributed by atoms with Crippen molar-refractivity contribution in [2.75, 3.05) is 18.5 Å². The number of fused-ring (bicyclic) bond motifs is 1. The Morgan fingerprint density at radius 3 is 3.06 bits per heavy atom. The molecule has 5 heteroatoms. The van der Waals surface area contributed by atoms with Crippen molar-refractivity contribution in [2.45, 2.75) is 19.8 Å². The van der Waals surface area contributed by atoms with Gasteiger partial charge in [0.25, 0.3) is 0 Å². The molecule has 3 rings (SSSR count). The Morgan fingerprint density at radius 1 is 1.53 bits per heavy atom. The molecule has 2 aromatic rings. The molecular weight excluding hydrogens is 216 g/mol. The largest absolute Gasteiger partial charge is 0.396 e. The highest BCUT2D eigenvalue weighted by atomic mass is 16.3. The molecule has 0 aliphatic heterocycles. The predicted octanol–water partition coefficient (Wildman–Crippen LogP) is 1.22. The van der Waals surface area contributed by atoms with Crippen molar-refractivity contribution in [3.8, 4) is 0 Å². The van der Waals surface area contributed by atoms with Crippen LogP contribution in [0.25, 0.3) is 5.52 Å². The number of hydrogen-bond donors (Lipinski definition) is 2. The van der Waals surface area contributed by atoms with Crippen LogP contribution in [0.15, 0.2) is 18.5 Å². The van der Waals surface area contributed by atoms with E-state index in [0.29, 0.717) is 0 Å². The topological polar surface area (TPSA) is 62.5 Å². The third kappa shape index (κ3) is 1.86. The van der Waals surface area contributed by atoms with Crippen LogP contribution in [0.1, 0.15) is 18.5 Å². The molecule has 90 valence electrons. The highest BCUT2D eigenvalue weighted by Gasteiger charge is 2.41. The zero-order chi connectivity index (χ0) is 11.9. The summed E-state index contributed by atoms with van der Waals surface area (Å²) in [5, 5.41) is 16.9. The van der Waals surface area contributed by atoms with Crippen molar-refractivity contribution in [3.05, 3.63) is 24.2 Å². The third-order valence-electron chi connectivity index (χ3n) is 3.44. The monoisotopic (exact) mass is 232 g/mol. The number of hydrogen-bond acceptors (Lipinski definition) is 4. The quantitative estimate of drug-likeness (QED) is 0.832. The van der Waals surface area contributed by atoms with Crippen LogP contribution in [0.2, 0.25) is 0 Å². The van der Waals surface area contributed by atoms with Gasteiger partial charge in [0.05, 0.1) is 12.3 Å². The average Bonchev–Trinajstić information content (AvgIpc) is 3.01. The number of aliphatic hydroxyl groups is 1. The molecule has 0 aromatic carbocycles. The first-order chi connectivity index (χ1) is 8.22. The fraction of sp³-hybridized carbons (Fsp3) is 0.500. The molecule has 17 heavy (non-hydrogen) atoms. The first-order valence-corrected chi connectivity index (χ1v) is 5.88. The van der Waals surface area contributed by atoms with Crippen LogP contribution in [0.5, 0.6) is 0 Å². The molecule has 0 bridgehead atoms. The Kier molecular flexibility index (Phi) is 2.29. The van der Waals surface area contributed by atoms with Crippen molar-refractivity contribution >= 4 is 11.3 Å². The van der Waals surface area contributed by atoms with Gasteiger partial charge in [-0.3, -0.25) is 0 Å². The minimum atomic E-state index is 0.0869. The van der Waals surface area contributed by atoms with Gasteiger partial charge in [0, 0.05) is 24.4 Å². The van der Waals surface area contributed by atoms with E-state index in [-0.39, 0.29) is 12.0 Å². The molecule has 0 spiro atoms. The standard InChI is InChI=1S/C12H16N4O/c1-9-6-10-11(13-4-5-16(10)15-9)14-7-12(8-17)2-3-12/h4-6,17H,2-3,7-8H2,1H3,(H,13,14). The summed E-state index contributed by atoms with van der Waals surface area (Å²) in [6.07, 6.45) is 5.77. The van der Waals surface area contributed by atoms with E-state index in [1.165, 1.54) is 0 Å². The molecule has 0 unspecified atom stereocenters. The highest BCUT2D eigenvalue weighted by Crippen LogP contribution is 2.44. The average molecular weight is 232 g/mol. The van der Waals surface area contributed by atoms with Crippen LogP contribution < -0.4 is 5.32 Å². The lowest BCUT2D eigenvalue weighted by atomic mass is 10.1. The maximum atomic E-state index is 9.27. The Hall–Kier alpha value is -1.62. The van der Waals surface area contributed by atoms with Crippen molar-refractivity contribution < 1.29 is 5.11 Å². The van der Waals surface area contributed by atoms with E-state index in [4.69, 9.17) is 0 Å². The first kappa shape index (κ1) is 10.5. The molecule has 1 aliphatic rings. The van der Waals surface area contributed by atoms with E-state index >= 15 is 0 Å². The van der Waals surface area contributed by atoms with E-state index in [9.17, 15) is 5.11 Å². The Balaban J connectivity index is 1.85. The molecule has 1 aliphatic carbocycles. The number of nitrogens with zero attached hydrogens (tertiary/aromatic N) is 3. The highest BCUT2D eigenvalue weighted by molar-refractivity contribution is 5.67. The molecule has 0 radical (unpaired) electrons. The number of aryl methyl sites for hydroxylation is 1. The molecule has 5 nitrogen and oxygen atoms in total. The SMILES string of the molecule is Cc1cc2c(NCC3(CO)CC3)nccn2n1. The molecule has 2 heterocycles. The predicted molar refractivity (Wildman–Crippen MR) is 65.0 cm³/mol. The summed E-state index contributed by atoms with van der Waals surface area (Å²) in [5.41, 5.74) is 2.05. The molecular formula is C12H16N4O.